The molecule has 3 aliphatic rings. The van der Waals surface area contributed by atoms with E-state index in [0.29, 0.717) is 0 Å². The Kier molecular flexibility index (Phi) is 8.10. The summed E-state index contributed by atoms with van der Waals surface area (Å²) in [6, 6.07) is 44.6. The Balaban J connectivity index is 1.20. The van der Waals surface area contributed by atoms with Crippen LogP contribution >= 0.6 is 0 Å². The van der Waals surface area contributed by atoms with Crippen LogP contribution in [-0.2, 0) is 11.2 Å². The van der Waals surface area contributed by atoms with Gasteiger partial charge in [0.05, 0.1) is 22.8 Å². The molecule has 0 fully saturated rings. The van der Waals surface area contributed by atoms with Gasteiger partial charge < -0.3 is 4.74 Å². The molecule has 1 aromatic heterocycles. The molecule has 228 valence electrons. The Labute approximate surface area is 277 Å². The summed E-state index contributed by atoms with van der Waals surface area (Å²) < 4.78 is 13.5. The number of hydrogen-bond donors (Lipinski definition) is 0. The Bertz CT molecular complexity index is 2080. The molecule has 0 atom stereocenters. The Morgan fingerprint density at radius 1 is 0.638 bits per heavy atom. The molecule has 0 spiro atoms. The van der Waals surface area contributed by atoms with Gasteiger partial charge in [0.1, 0.15) is 11.5 Å². The average molecular weight is 610 g/mol. The van der Waals surface area contributed by atoms with Gasteiger partial charge in [0.15, 0.2) is 0 Å². The third kappa shape index (κ3) is 5.97. The smallest absolute Gasteiger partial charge is 0.368 e. The van der Waals surface area contributed by atoms with Crippen molar-refractivity contribution in [1.82, 2.24) is 0 Å². The first-order valence-electron chi connectivity index (χ1n) is 16.8. The van der Waals surface area contributed by atoms with E-state index in [9.17, 15) is 0 Å². The highest BCUT2D eigenvalue weighted by molar-refractivity contribution is 5.88. The molecule has 0 radical (unpaired) electrons. The summed E-state index contributed by atoms with van der Waals surface area (Å²) >= 11 is 0. The van der Waals surface area contributed by atoms with Crippen molar-refractivity contribution in [2.24, 2.45) is 0 Å². The molecular formula is C45H37O2+. The summed E-state index contributed by atoms with van der Waals surface area (Å²) in [5.41, 5.74) is 16.0. The minimum atomic E-state index is 0.797. The van der Waals surface area contributed by atoms with Crippen molar-refractivity contribution in [3.8, 4) is 22.5 Å². The minimum absolute atomic E-state index is 0.797. The lowest BCUT2D eigenvalue weighted by Crippen LogP contribution is -2.12. The van der Waals surface area contributed by atoms with Gasteiger partial charge >= 0.3 is 11.5 Å². The maximum atomic E-state index is 6.78. The van der Waals surface area contributed by atoms with Gasteiger partial charge in [-0.2, -0.15) is 0 Å². The average Bonchev–Trinajstić information content (AvgIpc) is 3.15. The normalized spacial score (nSPS) is 15.7. The predicted octanol–water partition coefficient (Wildman–Crippen LogP) is 12.1. The Morgan fingerprint density at radius 3 is 1.96 bits per heavy atom. The minimum Gasteiger partial charge on any atom is -0.456 e. The largest absolute Gasteiger partial charge is 0.456 e. The van der Waals surface area contributed by atoms with Crippen molar-refractivity contribution >= 4 is 16.9 Å². The SMILES string of the molecule is C(=CCC1=C2OC(c3ccccc3)=CC(c3ccccc3)=C2CCC1)=C1CCCc2c(-c3ccccc3)cc(-c3ccccc3)[o+]c21. The molecule has 47 heavy (non-hydrogen) atoms. The van der Waals surface area contributed by atoms with Crippen LogP contribution < -0.4 is 0 Å². The zero-order valence-electron chi connectivity index (χ0n) is 26.5. The van der Waals surface area contributed by atoms with Gasteiger partial charge in [0.2, 0.25) is 0 Å². The number of rotatable bonds is 6. The Hall–Kier alpha value is -5.43. The summed E-state index contributed by atoms with van der Waals surface area (Å²) in [4.78, 5) is 0. The predicted molar refractivity (Wildman–Crippen MR) is 193 cm³/mol. The topological polar surface area (TPSA) is 20.5 Å². The standard InChI is InChI=1S/C45H37O2/c1-5-16-32(17-6-1)40-30-42(34-20-9-3-10-21-34)46-44-36(26-14-28-38(40)44)24-13-25-37-27-15-29-39-41(33-18-7-2-8-19-33)31-43(47-45(37)39)35-22-11-4-12-23-35/h1-13,16-23,30-31H,14-15,24,26-29H2/q+1. The van der Waals surface area contributed by atoms with Crippen molar-refractivity contribution in [2.75, 3.05) is 0 Å². The molecule has 0 saturated carbocycles. The summed E-state index contributed by atoms with van der Waals surface area (Å²) in [5.74, 6) is 3.82. The van der Waals surface area contributed by atoms with Crippen LogP contribution in [0, 0.1) is 0 Å². The lowest BCUT2D eigenvalue weighted by Gasteiger charge is -2.29. The van der Waals surface area contributed by atoms with Gasteiger partial charge in [0, 0.05) is 16.7 Å². The van der Waals surface area contributed by atoms with E-state index in [0.717, 1.165) is 84.7 Å². The summed E-state index contributed by atoms with van der Waals surface area (Å²) in [6.45, 7) is 0. The monoisotopic (exact) mass is 609 g/mol. The fraction of sp³-hybridized carbons (Fsp3) is 0.156. The van der Waals surface area contributed by atoms with E-state index in [1.54, 1.807) is 0 Å². The molecule has 0 bridgehead atoms. The van der Waals surface area contributed by atoms with Gasteiger partial charge in [0.25, 0.3) is 0 Å². The van der Waals surface area contributed by atoms with E-state index in [4.69, 9.17) is 9.15 Å². The fourth-order valence-electron chi connectivity index (χ4n) is 7.13. The molecule has 0 unspecified atom stereocenters. The third-order valence-corrected chi connectivity index (χ3v) is 9.44. The van der Waals surface area contributed by atoms with E-state index >= 15 is 0 Å². The fourth-order valence-corrected chi connectivity index (χ4v) is 7.13. The highest BCUT2D eigenvalue weighted by Crippen LogP contribution is 2.44. The van der Waals surface area contributed by atoms with Gasteiger partial charge in [-0.1, -0.05) is 109 Å². The second-order valence-corrected chi connectivity index (χ2v) is 12.5. The Morgan fingerprint density at radius 2 is 1.26 bits per heavy atom. The molecule has 2 nitrogen and oxygen atoms in total. The van der Waals surface area contributed by atoms with Crippen molar-refractivity contribution in [1.29, 1.82) is 0 Å². The van der Waals surface area contributed by atoms with Crippen LogP contribution in [0.3, 0.4) is 0 Å². The van der Waals surface area contributed by atoms with E-state index in [1.807, 2.05) is 6.07 Å². The highest BCUT2D eigenvalue weighted by atomic mass is 16.5. The van der Waals surface area contributed by atoms with E-state index < -0.39 is 0 Å². The molecule has 2 heteroatoms. The maximum Gasteiger partial charge on any atom is 0.368 e. The van der Waals surface area contributed by atoms with Gasteiger partial charge in [-0.05, 0) is 91.5 Å². The number of allylic oxidation sites excluding steroid dienone is 5. The maximum absolute atomic E-state index is 6.78. The molecule has 5 aromatic rings. The molecule has 4 aromatic carbocycles. The molecule has 0 amide bonds. The van der Waals surface area contributed by atoms with Crippen molar-refractivity contribution in [3.05, 3.63) is 185 Å². The van der Waals surface area contributed by atoms with Gasteiger partial charge in [-0.3, -0.25) is 0 Å². The lowest BCUT2D eigenvalue weighted by molar-refractivity contribution is 0.368. The third-order valence-electron chi connectivity index (χ3n) is 9.44. The number of fused-ring (bicyclic) bond motifs is 2. The zero-order valence-corrected chi connectivity index (χ0v) is 26.5. The summed E-state index contributed by atoms with van der Waals surface area (Å²) in [7, 11) is 0. The van der Waals surface area contributed by atoms with Crippen LogP contribution in [0.1, 0.15) is 61.0 Å². The quantitative estimate of drug-likeness (QED) is 0.141. The number of benzene rings is 4. The van der Waals surface area contributed by atoms with Crippen molar-refractivity contribution in [2.45, 2.75) is 44.9 Å². The van der Waals surface area contributed by atoms with Crippen LogP contribution in [0.5, 0.6) is 0 Å². The van der Waals surface area contributed by atoms with Crippen LogP contribution in [0.4, 0.5) is 0 Å². The first-order chi connectivity index (χ1) is 23.3. The summed E-state index contributed by atoms with van der Waals surface area (Å²) in [5, 5.41) is 0. The summed E-state index contributed by atoms with van der Waals surface area (Å²) in [6.07, 6.45) is 11.4. The number of hydrogen-bond acceptors (Lipinski definition) is 1. The lowest BCUT2D eigenvalue weighted by atomic mass is 9.84. The zero-order chi connectivity index (χ0) is 31.4. The van der Waals surface area contributed by atoms with E-state index in [2.05, 4.69) is 139 Å². The molecule has 2 heterocycles. The van der Waals surface area contributed by atoms with Crippen molar-refractivity contribution < 1.29 is 9.15 Å². The van der Waals surface area contributed by atoms with Crippen molar-refractivity contribution in [3.63, 3.8) is 0 Å². The molecule has 0 N–H and O–H groups in total. The van der Waals surface area contributed by atoms with Gasteiger partial charge in [-0.15, -0.1) is 5.73 Å². The van der Waals surface area contributed by atoms with Crippen LogP contribution in [0.25, 0.3) is 39.4 Å². The second-order valence-electron chi connectivity index (χ2n) is 12.5. The van der Waals surface area contributed by atoms with E-state index in [1.165, 1.54) is 39.0 Å². The molecule has 8 rings (SSSR count). The number of ether oxygens (including phenoxy) is 1. The highest BCUT2D eigenvalue weighted by Gasteiger charge is 2.32. The molecule has 0 saturated heterocycles. The first kappa shape index (κ1) is 29.0. The molecular weight excluding hydrogens is 572 g/mol. The van der Waals surface area contributed by atoms with Crippen LogP contribution in [0.15, 0.2) is 167 Å². The van der Waals surface area contributed by atoms with Crippen LogP contribution in [0.2, 0.25) is 0 Å². The molecule has 2 aliphatic carbocycles. The second kappa shape index (κ2) is 13.1. The van der Waals surface area contributed by atoms with Crippen LogP contribution in [-0.4, -0.2) is 0 Å². The van der Waals surface area contributed by atoms with E-state index in [-0.39, 0.29) is 0 Å². The van der Waals surface area contributed by atoms with Gasteiger partial charge in [-0.25, -0.2) is 4.42 Å². The first-order valence-corrected chi connectivity index (χ1v) is 16.8. The molecule has 1 aliphatic heterocycles.